The molecule has 0 saturated carbocycles. The molecular weight excluding hydrogens is 658 g/mol. The van der Waals surface area contributed by atoms with Crippen molar-refractivity contribution in [2.75, 3.05) is 9.80 Å². The van der Waals surface area contributed by atoms with Crippen molar-refractivity contribution in [3.8, 4) is 23.0 Å². The summed E-state index contributed by atoms with van der Waals surface area (Å²) < 4.78 is 99.3. The minimum Gasteiger partial charge on any atom is -0.457 e. The van der Waals surface area contributed by atoms with Gasteiger partial charge in [-0.15, -0.1) is 0 Å². The van der Waals surface area contributed by atoms with Crippen molar-refractivity contribution in [3.63, 3.8) is 0 Å². The Hall–Kier alpha value is -6.18. The smallest absolute Gasteiger partial charge is 0.411 e. The third-order valence-electron chi connectivity index (χ3n) is 7.70. The van der Waals surface area contributed by atoms with E-state index < -0.39 is 52.5 Å². The highest BCUT2D eigenvalue weighted by atomic mass is 19.4. The van der Waals surface area contributed by atoms with Crippen molar-refractivity contribution in [1.29, 1.82) is 0 Å². The summed E-state index contributed by atoms with van der Waals surface area (Å²) in [5, 5.41) is 0. The van der Waals surface area contributed by atoms with Gasteiger partial charge in [-0.2, -0.15) is 26.3 Å². The Labute approximate surface area is 273 Å². The topological polar surface area (TPSA) is 93.2 Å². The molecular formula is C35H20F6N2O6. The fourth-order valence-electron chi connectivity index (χ4n) is 5.44. The second-order valence-electron chi connectivity index (χ2n) is 10.7. The van der Waals surface area contributed by atoms with Gasteiger partial charge in [0.25, 0.3) is 23.6 Å². The number of amides is 4. The van der Waals surface area contributed by atoms with Gasteiger partial charge in [0.2, 0.25) is 5.41 Å². The molecule has 2 heterocycles. The van der Waals surface area contributed by atoms with Gasteiger partial charge in [-0.25, -0.2) is 9.80 Å². The predicted molar refractivity (Wildman–Crippen MR) is 162 cm³/mol. The third kappa shape index (κ3) is 5.92. The van der Waals surface area contributed by atoms with Crippen LogP contribution in [0.3, 0.4) is 0 Å². The molecule has 6 rings (SSSR count). The first-order chi connectivity index (χ1) is 23.2. The zero-order chi connectivity index (χ0) is 35.1. The number of carbonyl (C=O) groups is 4. The van der Waals surface area contributed by atoms with E-state index in [4.69, 9.17) is 9.47 Å². The van der Waals surface area contributed by atoms with Crippen LogP contribution < -0.4 is 19.3 Å². The average molecular weight is 679 g/mol. The molecule has 8 nitrogen and oxygen atoms in total. The number of hydrogen-bond acceptors (Lipinski definition) is 6. The molecule has 248 valence electrons. The van der Waals surface area contributed by atoms with Crippen molar-refractivity contribution in [2.24, 2.45) is 0 Å². The lowest BCUT2D eigenvalue weighted by molar-refractivity contribution is -0.288. The van der Waals surface area contributed by atoms with Crippen molar-refractivity contribution in [3.05, 3.63) is 132 Å². The monoisotopic (exact) mass is 678 g/mol. The molecule has 49 heavy (non-hydrogen) atoms. The van der Waals surface area contributed by atoms with Gasteiger partial charge in [-0.3, -0.25) is 19.2 Å². The van der Waals surface area contributed by atoms with E-state index in [1.54, 1.807) is 0 Å². The minimum absolute atomic E-state index is 0.0748. The molecule has 0 saturated heterocycles. The minimum atomic E-state index is -5.83. The highest BCUT2D eigenvalue weighted by Gasteiger charge is 2.72. The maximum atomic E-state index is 14.7. The molecule has 0 aliphatic carbocycles. The van der Waals surface area contributed by atoms with E-state index >= 15 is 0 Å². The van der Waals surface area contributed by atoms with Gasteiger partial charge in [0, 0.05) is 24.3 Å². The number of benzene rings is 4. The van der Waals surface area contributed by atoms with E-state index in [2.05, 4.69) is 0 Å². The Morgan fingerprint density at radius 3 is 0.878 bits per heavy atom. The lowest BCUT2D eigenvalue weighted by Gasteiger charge is -2.38. The Kier molecular flexibility index (Phi) is 8.10. The highest BCUT2D eigenvalue weighted by molar-refractivity contribution is 6.28. The summed E-state index contributed by atoms with van der Waals surface area (Å²) in [4.78, 5) is 49.3. The molecule has 14 heteroatoms. The number of anilines is 2. The van der Waals surface area contributed by atoms with Crippen LogP contribution >= 0.6 is 0 Å². The van der Waals surface area contributed by atoms with Gasteiger partial charge in [0.15, 0.2) is 0 Å². The molecule has 0 fully saturated rings. The summed E-state index contributed by atoms with van der Waals surface area (Å²) >= 11 is 0. The summed E-state index contributed by atoms with van der Waals surface area (Å²) in [5.74, 6) is -2.06. The van der Waals surface area contributed by atoms with Gasteiger partial charge in [0.1, 0.15) is 23.0 Å². The molecule has 0 N–H and O–H groups in total. The number of ether oxygens (including phenoxy) is 2. The molecule has 0 bridgehead atoms. The van der Waals surface area contributed by atoms with Crippen LogP contribution in [0.25, 0.3) is 0 Å². The van der Waals surface area contributed by atoms with Gasteiger partial charge in [-0.05, 0) is 83.9 Å². The fraction of sp³-hybridized carbons (Fsp3) is 0.0857. The Balaban J connectivity index is 1.23. The van der Waals surface area contributed by atoms with Crippen LogP contribution in [0.1, 0.15) is 11.1 Å². The maximum Gasteiger partial charge on any atom is 0.411 e. The van der Waals surface area contributed by atoms with E-state index in [0.29, 0.717) is 24.3 Å². The molecule has 4 aromatic rings. The molecule has 0 atom stereocenters. The van der Waals surface area contributed by atoms with Crippen molar-refractivity contribution in [1.82, 2.24) is 0 Å². The number of carbonyl (C=O) groups excluding carboxylic acids is 4. The Bertz CT molecular complexity index is 1820. The number of hydrogen-bond donors (Lipinski definition) is 0. The van der Waals surface area contributed by atoms with E-state index in [0.717, 1.165) is 58.4 Å². The number of imide groups is 2. The van der Waals surface area contributed by atoms with E-state index in [-0.39, 0.29) is 34.4 Å². The second-order valence-corrected chi connectivity index (χ2v) is 10.7. The van der Waals surface area contributed by atoms with E-state index in [1.807, 2.05) is 0 Å². The number of nitrogens with zero attached hydrogens (tertiary/aromatic N) is 2. The summed E-state index contributed by atoms with van der Waals surface area (Å²) in [6.07, 6.45) is -7.27. The van der Waals surface area contributed by atoms with Crippen LogP contribution in [0, 0.1) is 0 Å². The molecule has 4 aromatic carbocycles. The first kappa shape index (κ1) is 32.7. The molecule has 0 unspecified atom stereocenters. The Morgan fingerprint density at radius 2 is 0.633 bits per heavy atom. The zero-order valence-corrected chi connectivity index (χ0v) is 24.7. The maximum absolute atomic E-state index is 14.7. The fourth-order valence-corrected chi connectivity index (χ4v) is 5.44. The first-order valence-corrected chi connectivity index (χ1v) is 14.2. The zero-order valence-electron chi connectivity index (χ0n) is 24.7. The SMILES string of the molecule is O=C1C=CC(=O)N1c1ccc(Oc2ccc(C(c3ccc(Oc4ccc(N5C(=O)C=CC5=O)cc4)cc3)(C(F)(F)F)C(F)(F)F)cc2)cc1. The second kappa shape index (κ2) is 12.1. The van der Waals surface area contributed by atoms with Crippen molar-refractivity contribution >= 4 is 35.0 Å². The lowest BCUT2D eigenvalue weighted by atomic mass is 9.73. The molecule has 0 spiro atoms. The van der Waals surface area contributed by atoms with Gasteiger partial charge >= 0.3 is 12.4 Å². The largest absolute Gasteiger partial charge is 0.457 e. The van der Waals surface area contributed by atoms with Crippen LogP contribution in [0.15, 0.2) is 121 Å². The summed E-state index contributed by atoms with van der Waals surface area (Å²) in [7, 11) is 0. The number of rotatable bonds is 8. The summed E-state index contributed by atoms with van der Waals surface area (Å²) in [6.45, 7) is 0. The Morgan fingerprint density at radius 1 is 0.388 bits per heavy atom. The predicted octanol–water partition coefficient (Wildman–Crippen LogP) is 7.54. The lowest BCUT2D eigenvalue weighted by Crippen LogP contribution is -2.54. The summed E-state index contributed by atoms with van der Waals surface area (Å²) in [6, 6.07) is 17.6. The molecule has 2 aliphatic heterocycles. The number of alkyl halides is 6. The standard InChI is InChI=1S/C35H20F6N2O6/c36-34(37,38)33(35(39,40)41,21-1-9-25(10-2-21)48-27-13-5-23(6-14-27)42-29(44)17-18-30(42)45)22-3-11-26(12-4-22)49-28-15-7-24(8-16-28)43-31(46)19-20-32(43)47/h1-20H. The molecule has 2 aliphatic rings. The third-order valence-corrected chi connectivity index (χ3v) is 7.70. The van der Waals surface area contributed by atoms with Crippen LogP contribution in [0.2, 0.25) is 0 Å². The van der Waals surface area contributed by atoms with Crippen molar-refractivity contribution in [2.45, 2.75) is 17.8 Å². The van der Waals surface area contributed by atoms with Gasteiger partial charge < -0.3 is 9.47 Å². The molecule has 0 aromatic heterocycles. The number of halogens is 6. The average Bonchev–Trinajstić information content (AvgIpc) is 3.57. The van der Waals surface area contributed by atoms with Gasteiger partial charge in [-0.1, -0.05) is 24.3 Å². The van der Waals surface area contributed by atoms with Crippen LogP contribution in [-0.2, 0) is 24.6 Å². The molecule has 4 amide bonds. The van der Waals surface area contributed by atoms with Crippen LogP contribution in [-0.4, -0.2) is 36.0 Å². The first-order valence-electron chi connectivity index (χ1n) is 14.2. The highest BCUT2D eigenvalue weighted by Crippen LogP contribution is 2.56. The quantitative estimate of drug-likeness (QED) is 0.141. The van der Waals surface area contributed by atoms with Gasteiger partial charge in [0.05, 0.1) is 11.4 Å². The molecule has 0 radical (unpaired) electrons. The van der Waals surface area contributed by atoms with Crippen LogP contribution in [0.4, 0.5) is 37.7 Å². The van der Waals surface area contributed by atoms with Crippen LogP contribution in [0.5, 0.6) is 23.0 Å². The van der Waals surface area contributed by atoms with Crippen molar-refractivity contribution < 1.29 is 55.0 Å². The van der Waals surface area contributed by atoms with E-state index in [9.17, 15) is 45.5 Å². The summed E-state index contributed by atoms with van der Waals surface area (Å²) in [5.41, 5.74) is -6.17. The normalized spacial score (nSPS) is 15.1. The van der Waals surface area contributed by atoms with E-state index in [1.165, 1.54) is 48.5 Å².